The fourth-order valence-corrected chi connectivity index (χ4v) is 1.89. The molecule has 0 aromatic heterocycles. The first-order valence-corrected chi connectivity index (χ1v) is 4.59. The molecule has 0 aliphatic rings. The van der Waals surface area contributed by atoms with Crippen LogP contribution in [0.3, 0.4) is 0 Å². The van der Waals surface area contributed by atoms with Crippen LogP contribution in [0.5, 0.6) is 0 Å². The average molecular weight is 294 g/mol. The molecule has 6 heteroatoms. The van der Waals surface area contributed by atoms with E-state index >= 15 is 0 Å². The summed E-state index contributed by atoms with van der Waals surface area (Å²) >= 11 is 13.6. The number of halogens is 6. The molecule has 0 fully saturated rings. The van der Waals surface area contributed by atoms with Gasteiger partial charge >= 0.3 is 6.18 Å². The minimum absolute atomic E-state index is 0.114. The highest BCUT2D eigenvalue weighted by Gasteiger charge is 2.36. The van der Waals surface area contributed by atoms with Gasteiger partial charge in [-0.2, -0.15) is 13.2 Å². The standard InChI is InChI=1S/C7H2BrCl2F3/c8-3-1-2-4(9)6(10)5(3)7(11,12)13/h1-2H. The molecular formula is C7H2BrCl2F3. The van der Waals surface area contributed by atoms with Crippen LogP contribution in [-0.4, -0.2) is 0 Å². The van der Waals surface area contributed by atoms with E-state index in [-0.39, 0.29) is 9.50 Å². The van der Waals surface area contributed by atoms with Crippen LogP contribution in [0.1, 0.15) is 5.56 Å². The van der Waals surface area contributed by atoms with Gasteiger partial charge in [-0.15, -0.1) is 0 Å². The first-order chi connectivity index (χ1) is 5.84. The highest BCUT2D eigenvalue weighted by atomic mass is 79.9. The fraction of sp³-hybridized carbons (Fsp3) is 0.143. The van der Waals surface area contributed by atoms with E-state index in [9.17, 15) is 13.2 Å². The highest BCUT2D eigenvalue weighted by molar-refractivity contribution is 9.10. The van der Waals surface area contributed by atoms with Gasteiger partial charge in [-0.25, -0.2) is 0 Å². The molecule has 0 spiro atoms. The van der Waals surface area contributed by atoms with E-state index in [2.05, 4.69) is 15.9 Å². The largest absolute Gasteiger partial charge is 0.418 e. The second-order valence-electron chi connectivity index (χ2n) is 2.22. The first kappa shape index (κ1) is 11.1. The molecule has 0 saturated carbocycles. The molecule has 0 radical (unpaired) electrons. The summed E-state index contributed by atoms with van der Waals surface area (Å²) in [5.74, 6) is 0. The van der Waals surface area contributed by atoms with Crippen molar-refractivity contribution in [3.05, 3.63) is 32.2 Å². The summed E-state index contributed by atoms with van der Waals surface area (Å²) in [6.07, 6.45) is -4.50. The molecule has 1 aromatic rings. The Balaban J connectivity index is 3.43. The lowest BCUT2D eigenvalue weighted by Crippen LogP contribution is -2.07. The van der Waals surface area contributed by atoms with Gasteiger partial charge in [0, 0.05) is 4.47 Å². The summed E-state index contributed by atoms with van der Waals surface area (Å²) in [5, 5.41) is -0.597. The molecule has 0 aliphatic carbocycles. The third-order valence-electron chi connectivity index (χ3n) is 1.33. The van der Waals surface area contributed by atoms with Crippen molar-refractivity contribution in [3.8, 4) is 0 Å². The molecular weight excluding hydrogens is 292 g/mol. The molecule has 0 unspecified atom stereocenters. The Labute approximate surface area is 90.8 Å². The van der Waals surface area contributed by atoms with Crippen LogP contribution in [0.25, 0.3) is 0 Å². The van der Waals surface area contributed by atoms with Crippen molar-refractivity contribution in [1.82, 2.24) is 0 Å². The fourth-order valence-electron chi connectivity index (χ4n) is 0.787. The Morgan fingerprint density at radius 1 is 1.15 bits per heavy atom. The van der Waals surface area contributed by atoms with Crippen LogP contribution in [0.2, 0.25) is 10.0 Å². The minimum Gasteiger partial charge on any atom is -0.166 e. The van der Waals surface area contributed by atoms with Crippen LogP contribution in [0.15, 0.2) is 16.6 Å². The predicted octanol–water partition coefficient (Wildman–Crippen LogP) is 4.77. The third kappa shape index (κ3) is 2.30. The average Bonchev–Trinajstić information content (AvgIpc) is 1.95. The zero-order valence-electron chi connectivity index (χ0n) is 5.92. The number of hydrogen-bond acceptors (Lipinski definition) is 0. The Bertz CT molecular complexity index is 335. The Hall–Kier alpha value is 0.0700. The normalized spacial score (nSPS) is 11.8. The van der Waals surface area contributed by atoms with Crippen LogP contribution >= 0.6 is 39.1 Å². The molecule has 0 aliphatic heterocycles. The molecule has 0 saturated heterocycles. The van der Waals surface area contributed by atoms with E-state index in [1.807, 2.05) is 0 Å². The monoisotopic (exact) mass is 292 g/mol. The van der Waals surface area contributed by atoms with Crippen molar-refractivity contribution in [3.63, 3.8) is 0 Å². The summed E-state index contributed by atoms with van der Waals surface area (Å²) in [6.45, 7) is 0. The number of rotatable bonds is 0. The SMILES string of the molecule is FC(F)(F)c1c(Br)ccc(Cl)c1Cl. The molecule has 0 atom stereocenters. The summed E-state index contributed by atoms with van der Waals surface area (Å²) < 4.78 is 36.8. The van der Waals surface area contributed by atoms with E-state index in [1.165, 1.54) is 12.1 Å². The van der Waals surface area contributed by atoms with Crippen LogP contribution < -0.4 is 0 Å². The predicted molar refractivity (Wildman–Crippen MR) is 49.2 cm³/mol. The van der Waals surface area contributed by atoms with Crippen LogP contribution in [0.4, 0.5) is 13.2 Å². The van der Waals surface area contributed by atoms with Gasteiger partial charge < -0.3 is 0 Å². The first-order valence-electron chi connectivity index (χ1n) is 3.04. The van der Waals surface area contributed by atoms with Crippen molar-refractivity contribution in [2.75, 3.05) is 0 Å². The maximum atomic E-state index is 12.3. The number of hydrogen-bond donors (Lipinski definition) is 0. The van der Waals surface area contributed by atoms with Gasteiger partial charge in [0.05, 0.1) is 15.6 Å². The minimum atomic E-state index is -4.50. The lowest BCUT2D eigenvalue weighted by molar-refractivity contribution is -0.138. The second kappa shape index (κ2) is 3.67. The van der Waals surface area contributed by atoms with Crippen molar-refractivity contribution in [2.24, 2.45) is 0 Å². The molecule has 0 bridgehead atoms. The number of benzene rings is 1. The zero-order valence-corrected chi connectivity index (χ0v) is 9.02. The van der Waals surface area contributed by atoms with Crippen molar-refractivity contribution >= 4 is 39.1 Å². The Morgan fingerprint density at radius 2 is 1.69 bits per heavy atom. The van der Waals surface area contributed by atoms with Crippen molar-refractivity contribution < 1.29 is 13.2 Å². The van der Waals surface area contributed by atoms with Gasteiger partial charge in [0.1, 0.15) is 0 Å². The van der Waals surface area contributed by atoms with Gasteiger partial charge in [0.25, 0.3) is 0 Å². The Kier molecular flexibility index (Phi) is 3.15. The quantitative estimate of drug-likeness (QED) is 0.604. The van der Waals surface area contributed by atoms with Gasteiger partial charge in [0.2, 0.25) is 0 Å². The highest BCUT2D eigenvalue weighted by Crippen LogP contribution is 2.42. The van der Waals surface area contributed by atoms with Gasteiger partial charge in [-0.3, -0.25) is 0 Å². The molecule has 0 amide bonds. The molecule has 13 heavy (non-hydrogen) atoms. The van der Waals surface area contributed by atoms with Gasteiger partial charge in [-0.1, -0.05) is 39.1 Å². The third-order valence-corrected chi connectivity index (χ3v) is 2.79. The molecule has 0 N–H and O–H groups in total. The van der Waals surface area contributed by atoms with Crippen molar-refractivity contribution in [2.45, 2.75) is 6.18 Å². The molecule has 0 heterocycles. The van der Waals surface area contributed by atoms with Crippen LogP contribution in [0, 0.1) is 0 Å². The topological polar surface area (TPSA) is 0 Å². The second-order valence-corrected chi connectivity index (χ2v) is 3.86. The van der Waals surface area contributed by atoms with E-state index in [0.717, 1.165) is 0 Å². The molecule has 72 valence electrons. The van der Waals surface area contributed by atoms with E-state index in [4.69, 9.17) is 23.2 Å². The van der Waals surface area contributed by atoms with Crippen LogP contribution in [-0.2, 0) is 6.18 Å². The lowest BCUT2D eigenvalue weighted by atomic mass is 10.2. The maximum absolute atomic E-state index is 12.3. The molecule has 1 rings (SSSR count). The Morgan fingerprint density at radius 3 is 2.08 bits per heavy atom. The summed E-state index contributed by atoms with van der Waals surface area (Å²) in [5.41, 5.74) is -0.943. The molecule has 1 aromatic carbocycles. The number of alkyl halides is 3. The van der Waals surface area contributed by atoms with Gasteiger partial charge in [0.15, 0.2) is 0 Å². The molecule has 0 nitrogen and oxygen atoms in total. The summed E-state index contributed by atoms with van der Waals surface area (Å²) in [4.78, 5) is 0. The van der Waals surface area contributed by atoms with E-state index in [1.54, 1.807) is 0 Å². The van der Waals surface area contributed by atoms with Gasteiger partial charge in [-0.05, 0) is 12.1 Å². The maximum Gasteiger partial charge on any atom is 0.418 e. The van der Waals surface area contributed by atoms with Crippen molar-refractivity contribution in [1.29, 1.82) is 0 Å². The summed E-state index contributed by atoms with van der Waals surface area (Å²) in [7, 11) is 0. The van der Waals surface area contributed by atoms with E-state index < -0.39 is 16.8 Å². The van der Waals surface area contributed by atoms with E-state index in [0.29, 0.717) is 0 Å². The smallest absolute Gasteiger partial charge is 0.166 e. The summed E-state index contributed by atoms with van der Waals surface area (Å²) in [6, 6.07) is 2.50. The lowest BCUT2D eigenvalue weighted by Gasteiger charge is -2.11. The zero-order chi connectivity index (χ0) is 10.2.